The first-order chi connectivity index (χ1) is 8.61. The van der Waals surface area contributed by atoms with Crippen LogP contribution in [0, 0.1) is 5.82 Å². The van der Waals surface area contributed by atoms with Crippen LogP contribution in [0.15, 0.2) is 18.2 Å². The van der Waals surface area contributed by atoms with Gasteiger partial charge >= 0.3 is 0 Å². The Bertz CT molecular complexity index is 399. The second kappa shape index (κ2) is 5.70. The molecule has 2 nitrogen and oxygen atoms in total. The third-order valence-corrected chi connectivity index (χ3v) is 3.33. The van der Waals surface area contributed by atoms with Gasteiger partial charge in [0.05, 0.1) is 5.69 Å². The van der Waals surface area contributed by atoms with Crippen molar-refractivity contribution in [2.75, 3.05) is 11.4 Å². The molecule has 0 aliphatic heterocycles. The maximum Gasteiger partial charge on any atom is 0.146 e. The van der Waals surface area contributed by atoms with E-state index in [0.29, 0.717) is 6.04 Å². The van der Waals surface area contributed by atoms with E-state index in [9.17, 15) is 4.39 Å². The molecular weight excluding hydrogens is 227 g/mol. The summed E-state index contributed by atoms with van der Waals surface area (Å²) in [5, 5.41) is 0. The Morgan fingerprint density at radius 3 is 2.67 bits per heavy atom. The van der Waals surface area contributed by atoms with Gasteiger partial charge in [0, 0.05) is 18.6 Å². The third-order valence-electron chi connectivity index (χ3n) is 3.33. The smallest absolute Gasteiger partial charge is 0.146 e. The quantitative estimate of drug-likeness (QED) is 0.840. The largest absolute Gasteiger partial charge is 0.366 e. The molecule has 0 spiro atoms. The molecule has 0 amide bonds. The van der Waals surface area contributed by atoms with Crippen LogP contribution in [-0.2, 0) is 6.42 Å². The molecule has 1 atom stereocenters. The molecule has 2 rings (SSSR count). The predicted molar refractivity (Wildman–Crippen MR) is 74.4 cm³/mol. The fourth-order valence-electron chi connectivity index (χ4n) is 2.41. The molecule has 2 N–H and O–H groups in total. The standard InChI is InChI=1S/C15H23FN2/c1-3-8-18(13-5-6-13)15-7-4-12(9-11(2)17)10-14(15)16/h4,7,10-11,13H,3,5-6,8-9,17H2,1-2H3. The fourth-order valence-corrected chi connectivity index (χ4v) is 2.41. The minimum absolute atomic E-state index is 0.0745. The molecule has 0 radical (unpaired) electrons. The molecule has 1 fully saturated rings. The van der Waals surface area contributed by atoms with Gasteiger partial charge in [-0.05, 0) is 50.3 Å². The summed E-state index contributed by atoms with van der Waals surface area (Å²) in [6.07, 6.45) is 4.17. The van der Waals surface area contributed by atoms with Crippen molar-refractivity contribution in [3.8, 4) is 0 Å². The van der Waals surface area contributed by atoms with E-state index in [1.165, 1.54) is 12.8 Å². The van der Waals surface area contributed by atoms with Gasteiger partial charge in [-0.3, -0.25) is 0 Å². The van der Waals surface area contributed by atoms with Crippen molar-refractivity contribution < 1.29 is 4.39 Å². The van der Waals surface area contributed by atoms with E-state index >= 15 is 0 Å². The molecule has 0 saturated heterocycles. The summed E-state index contributed by atoms with van der Waals surface area (Å²) >= 11 is 0. The number of benzene rings is 1. The van der Waals surface area contributed by atoms with E-state index in [1.54, 1.807) is 6.07 Å². The zero-order valence-corrected chi connectivity index (χ0v) is 11.3. The van der Waals surface area contributed by atoms with Gasteiger partial charge in [0.25, 0.3) is 0 Å². The summed E-state index contributed by atoms with van der Waals surface area (Å²) in [6, 6.07) is 6.20. The fraction of sp³-hybridized carbons (Fsp3) is 0.600. The maximum absolute atomic E-state index is 14.2. The van der Waals surface area contributed by atoms with Crippen LogP contribution in [0.25, 0.3) is 0 Å². The molecule has 1 aliphatic rings. The molecule has 1 aromatic carbocycles. The Morgan fingerprint density at radius 1 is 1.44 bits per heavy atom. The normalized spacial score (nSPS) is 16.7. The number of rotatable bonds is 6. The molecule has 100 valence electrons. The first-order valence-electron chi connectivity index (χ1n) is 6.92. The molecule has 1 unspecified atom stereocenters. The van der Waals surface area contributed by atoms with Gasteiger partial charge in [0.1, 0.15) is 5.82 Å². The Labute approximate surface area is 109 Å². The maximum atomic E-state index is 14.2. The van der Waals surface area contributed by atoms with Crippen LogP contribution in [-0.4, -0.2) is 18.6 Å². The minimum Gasteiger partial charge on any atom is -0.366 e. The van der Waals surface area contributed by atoms with Crippen LogP contribution < -0.4 is 10.6 Å². The van der Waals surface area contributed by atoms with Gasteiger partial charge in [-0.25, -0.2) is 4.39 Å². The van der Waals surface area contributed by atoms with Crippen molar-refractivity contribution in [3.63, 3.8) is 0 Å². The first-order valence-corrected chi connectivity index (χ1v) is 6.92. The second-order valence-electron chi connectivity index (χ2n) is 5.39. The van der Waals surface area contributed by atoms with Crippen LogP contribution in [0.3, 0.4) is 0 Å². The lowest BCUT2D eigenvalue weighted by Gasteiger charge is -2.25. The summed E-state index contributed by atoms with van der Waals surface area (Å²) in [5.41, 5.74) is 7.49. The van der Waals surface area contributed by atoms with E-state index in [-0.39, 0.29) is 11.9 Å². The molecule has 18 heavy (non-hydrogen) atoms. The van der Waals surface area contributed by atoms with E-state index in [1.807, 2.05) is 19.1 Å². The van der Waals surface area contributed by atoms with E-state index in [4.69, 9.17) is 5.73 Å². The number of hydrogen-bond acceptors (Lipinski definition) is 2. The van der Waals surface area contributed by atoms with Crippen molar-refractivity contribution in [2.45, 2.75) is 51.6 Å². The highest BCUT2D eigenvalue weighted by Gasteiger charge is 2.30. The Kier molecular flexibility index (Phi) is 4.23. The SMILES string of the molecule is CCCN(c1ccc(CC(C)N)cc1F)C1CC1. The summed E-state index contributed by atoms with van der Waals surface area (Å²) in [4.78, 5) is 2.21. The average molecular weight is 250 g/mol. The lowest BCUT2D eigenvalue weighted by atomic mass is 10.1. The zero-order chi connectivity index (χ0) is 13.1. The number of nitrogens with two attached hydrogens (primary N) is 1. The predicted octanol–water partition coefficient (Wildman–Crippen LogP) is 3.09. The van der Waals surface area contributed by atoms with Gasteiger partial charge in [0.2, 0.25) is 0 Å². The molecular formula is C15H23FN2. The Balaban J connectivity index is 2.16. The van der Waals surface area contributed by atoms with Gasteiger partial charge in [-0.15, -0.1) is 0 Å². The number of halogens is 1. The monoisotopic (exact) mass is 250 g/mol. The molecule has 0 bridgehead atoms. The van der Waals surface area contributed by atoms with E-state index < -0.39 is 0 Å². The van der Waals surface area contributed by atoms with Crippen molar-refractivity contribution in [3.05, 3.63) is 29.6 Å². The Hall–Kier alpha value is -1.09. The van der Waals surface area contributed by atoms with E-state index in [0.717, 1.165) is 30.6 Å². The van der Waals surface area contributed by atoms with Gasteiger partial charge in [0.15, 0.2) is 0 Å². The second-order valence-corrected chi connectivity index (χ2v) is 5.39. The number of hydrogen-bond donors (Lipinski definition) is 1. The van der Waals surface area contributed by atoms with Gasteiger partial charge < -0.3 is 10.6 Å². The molecule has 0 heterocycles. The average Bonchev–Trinajstić information content (AvgIpc) is 3.10. The molecule has 1 aliphatic carbocycles. The third kappa shape index (κ3) is 3.22. The summed E-state index contributed by atoms with van der Waals surface area (Å²) < 4.78 is 14.2. The Morgan fingerprint density at radius 2 is 2.17 bits per heavy atom. The zero-order valence-electron chi connectivity index (χ0n) is 11.3. The van der Waals surface area contributed by atoms with Crippen molar-refractivity contribution in [1.82, 2.24) is 0 Å². The summed E-state index contributed by atoms with van der Waals surface area (Å²) in [7, 11) is 0. The van der Waals surface area contributed by atoms with Crippen molar-refractivity contribution in [1.29, 1.82) is 0 Å². The highest BCUT2D eigenvalue weighted by atomic mass is 19.1. The van der Waals surface area contributed by atoms with Gasteiger partial charge in [-0.2, -0.15) is 0 Å². The highest BCUT2D eigenvalue weighted by Crippen LogP contribution is 2.33. The highest BCUT2D eigenvalue weighted by molar-refractivity contribution is 5.51. The van der Waals surface area contributed by atoms with Crippen molar-refractivity contribution in [2.24, 2.45) is 5.73 Å². The van der Waals surface area contributed by atoms with E-state index in [2.05, 4.69) is 11.8 Å². The topological polar surface area (TPSA) is 29.3 Å². The number of anilines is 1. The molecule has 1 saturated carbocycles. The molecule has 3 heteroatoms. The van der Waals surface area contributed by atoms with Crippen LogP contribution >= 0.6 is 0 Å². The van der Waals surface area contributed by atoms with Gasteiger partial charge in [-0.1, -0.05) is 13.0 Å². The number of nitrogens with zero attached hydrogens (tertiary/aromatic N) is 1. The lowest BCUT2D eigenvalue weighted by molar-refractivity contribution is 0.609. The molecule has 1 aromatic rings. The minimum atomic E-state index is -0.103. The lowest BCUT2D eigenvalue weighted by Crippen LogP contribution is -2.27. The summed E-state index contributed by atoms with van der Waals surface area (Å²) in [6.45, 7) is 5.02. The van der Waals surface area contributed by atoms with Crippen LogP contribution in [0.4, 0.5) is 10.1 Å². The van der Waals surface area contributed by atoms with Crippen LogP contribution in [0.5, 0.6) is 0 Å². The van der Waals surface area contributed by atoms with Crippen molar-refractivity contribution >= 4 is 5.69 Å². The van der Waals surface area contributed by atoms with Crippen LogP contribution in [0.1, 0.15) is 38.7 Å². The van der Waals surface area contributed by atoms with Crippen LogP contribution in [0.2, 0.25) is 0 Å². The first kappa shape index (κ1) is 13.3. The molecule has 0 aromatic heterocycles. The summed E-state index contributed by atoms with van der Waals surface area (Å²) in [5.74, 6) is -0.103.